The lowest BCUT2D eigenvalue weighted by molar-refractivity contribution is 0.0527. The predicted octanol–water partition coefficient (Wildman–Crippen LogP) is 2.76. The number of ether oxygens (including phenoxy) is 1. The summed E-state index contributed by atoms with van der Waals surface area (Å²) in [5.41, 5.74) is 2.90. The van der Waals surface area contributed by atoms with Gasteiger partial charge in [-0.15, -0.1) is 0 Å². The minimum atomic E-state index is -0.346. The Morgan fingerprint density at radius 2 is 2.26 bits per heavy atom. The van der Waals surface area contributed by atoms with Crippen molar-refractivity contribution < 1.29 is 9.53 Å². The molecular weight excluding hydrogens is 312 g/mol. The monoisotopic (exact) mass is 334 g/mol. The number of nitrogens with zero attached hydrogens (tertiary/aromatic N) is 3. The number of esters is 1. The van der Waals surface area contributed by atoms with Crippen LogP contribution in [0.15, 0.2) is 6.20 Å². The van der Waals surface area contributed by atoms with Crippen LogP contribution in [-0.4, -0.2) is 44.9 Å². The number of nitrogens with one attached hydrogen (secondary N) is 1. The molecule has 1 aliphatic carbocycles. The van der Waals surface area contributed by atoms with Crippen LogP contribution in [0.5, 0.6) is 0 Å². The third kappa shape index (κ3) is 2.89. The second-order valence-electron chi connectivity index (χ2n) is 5.92. The summed E-state index contributed by atoms with van der Waals surface area (Å²) < 4.78 is 7.22. The van der Waals surface area contributed by atoms with Crippen molar-refractivity contribution in [2.24, 2.45) is 7.05 Å². The maximum atomic E-state index is 12.3. The molecule has 2 heterocycles. The van der Waals surface area contributed by atoms with Crippen molar-refractivity contribution >= 4 is 34.5 Å². The van der Waals surface area contributed by atoms with E-state index in [-0.39, 0.29) is 10.7 Å². The van der Waals surface area contributed by atoms with Crippen LogP contribution in [0, 0.1) is 6.92 Å². The molecule has 0 aliphatic heterocycles. The largest absolute Gasteiger partial charge is 0.462 e. The first-order valence-electron chi connectivity index (χ1n) is 7.80. The van der Waals surface area contributed by atoms with Gasteiger partial charge < -0.3 is 10.1 Å². The van der Waals surface area contributed by atoms with Crippen LogP contribution in [0.2, 0.25) is 0 Å². The van der Waals surface area contributed by atoms with Crippen LogP contribution < -0.4 is 5.32 Å². The highest BCUT2D eigenvalue weighted by Gasteiger charge is 2.42. The van der Waals surface area contributed by atoms with Crippen molar-refractivity contribution in [3.8, 4) is 0 Å². The Balaban J connectivity index is 2.05. The highest BCUT2D eigenvalue weighted by Crippen LogP contribution is 2.47. The number of carbonyl (C=O) groups is 1. The smallest absolute Gasteiger partial charge is 0.341 e. The molecule has 6 nitrogen and oxygen atoms in total. The molecule has 0 unspecified atom stereocenters. The number of rotatable bonds is 6. The summed E-state index contributed by atoms with van der Waals surface area (Å²) >= 11 is 1.88. The summed E-state index contributed by atoms with van der Waals surface area (Å²) in [7, 11) is 1.86. The van der Waals surface area contributed by atoms with Crippen molar-refractivity contribution in [3.63, 3.8) is 0 Å². The molecule has 0 atom stereocenters. The van der Waals surface area contributed by atoms with Gasteiger partial charge in [0.1, 0.15) is 5.56 Å². The number of fused-ring (bicyclic) bond motifs is 1. The van der Waals surface area contributed by atoms with E-state index in [1.807, 2.05) is 25.7 Å². The summed E-state index contributed by atoms with van der Waals surface area (Å²) in [4.78, 5) is 16.7. The molecule has 0 saturated heterocycles. The normalized spacial score (nSPS) is 15.7. The van der Waals surface area contributed by atoms with Crippen LogP contribution in [0.3, 0.4) is 0 Å². The van der Waals surface area contributed by atoms with Crippen molar-refractivity contribution in [2.75, 3.05) is 24.7 Å². The first-order chi connectivity index (χ1) is 11.0. The van der Waals surface area contributed by atoms with Crippen LogP contribution in [0.1, 0.15) is 35.8 Å². The second-order valence-corrected chi connectivity index (χ2v) is 7.19. The number of aryl methyl sites for hydroxylation is 2. The van der Waals surface area contributed by atoms with Gasteiger partial charge in [-0.2, -0.15) is 16.9 Å². The zero-order valence-corrected chi connectivity index (χ0v) is 14.8. The average Bonchev–Trinajstić information content (AvgIpc) is 3.26. The lowest BCUT2D eigenvalue weighted by Gasteiger charge is -2.17. The van der Waals surface area contributed by atoms with E-state index >= 15 is 0 Å². The minimum Gasteiger partial charge on any atom is -0.462 e. The standard InChI is InChI=1S/C16H22N4O2S/c1-5-22-15(21)11-8-17-14-12(10(2)19-20(14)3)13(11)18-9-16(23-4)6-7-16/h8H,5-7,9H2,1-4H3,(H,17,18). The van der Waals surface area contributed by atoms with Crippen LogP contribution in [0.25, 0.3) is 11.0 Å². The third-order valence-electron chi connectivity index (χ3n) is 4.35. The highest BCUT2D eigenvalue weighted by molar-refractivity contribution is 8.00. The lowest BCUT2D eigenvalue weighted by Crippen LogP contribution is -2.20. The lowest BCUT2D eigenvalue weighted by atomic mass is 10.1. The summed E-state index contributed by atoms with van der Waals surface area (Å²) in [6, 6.07) is 0. The molecule has 23 heavy (non-hydrogen) atoms. The van der Waals surface area contributed by atoms with Gasteiger partial charge >= 0.3 is 5.97 Å². The van der Waals surface area contributed by atoms with Gasteiger partial charge in [-0.3, -0.25) is 4.68 Å². The Hall–Kier alpha value is -1.76. The van der Waals surface area contributed by atoms with Crippen molar-refractivity contribution in [3.05, 3.63) is 17.5 Å². The first kappa shape index (κ1) is 16.1. The fraction of sp³-hybridized carbons (Fsp3) is 0.562. The third-order valence-corrected chi connectivity index (χ3v) is 5.77. The van der Waals surface area contributed by atoms with E-state index in [0.29, 0.717) is 12.2 Å². The van der Waals surface area contributed by atoms with Gasteiger partial charge in [-0.1, -0.05) is 0 Å². The Morgan fingerprint density at radius 1 is 1.52 bits per heavy atom. The molecular formula is C16H22N4O2S. The molecule has 0 amide bonds. The van der Waals surface area contributed by atoms with Gasteiger partial charge in [-0.25, -0.2) is 9.78 Å². The maximum Gasteiger partial charge on any atom is 0.341 e. The number of anilines is 1. The van der Waals surface area contributed by atoms with E-state index in [2.05, 4.69) is 21.7 Å². The van der Waals surface area contributed by atoms with E-state index < -0.39 is 0 Å². The van der Waals surface area contributed by atoms with Gasteiger partial charge in [0, 0.05) is 24.5 Å². The molecule has 3 rings (SSSR count). The molecule has 2 aromatic heterocycles. The minimum absolute atomic E-state index is 0.289. The van der Waals surface area contributed by atoms with E-state index in [1.165, 1.54) is 12.8 Å². The molecule has 0 spiro atoms. The maximum absolute atomic E-state index is 12.3. The quantitative estimate of drug-likeness (QED) is 0.819. The topological polar surface area (TPSA) is 69.0 Å². The summed E-state index contributed by atoms with van der Waals surface area (Å²) in [5, 5.41) is 8.82. The van der Waals surface area contributed by atoms with E-state index in [9.17, 15) is 4.79 Å². The fourth-order valence-electron chi connectivity index (χ4n) is 2.80. The molecule has 0 aromatic carbocycles. The number of pyridine rings is 1. The fourth-order valence-corrected chi connectivity index (χ4v) is 3.53. The molecule has 7 heteroatoms. The van der Waals surface area contributed by atoms with E-state index in [4.69, 9.17) is 4.74 Å². The molecule has 0 bridgehead atoms. The number of aromatic nitrogens is 3. The Bertz CT molecular complexity index is 752. The number of thioether (sulfide) groups is 1. The van der Waals surface area contributed by atoms with Crippen molar-refractivity contribution in [1.29, 1.82) is 0 Å². The summed E-state index contributed by atoms with van der Waals surface area (Å²) in [5.74, 6) is -0.346. The van der Waals surface area contributed by atoms with Gasteiger partial charge in [0.25, 0.3) is 0 Å². The molecule has 2 aromatic rings. The van der Waals surface area contributed by atoms with Gasteiger partial charge in [-0.05, 0) is 32.9 Å². The Labute approximate surface area is 140 Å². The Kier molecular flexibility index (Phi) is 4.23. The zero-order chi connectivity index (χ0) is 16.6. The number of hydrogen-bond donors (Lipinski definition) is 1. The first-order valence-corrected chi connectivity index (χ1v) is 9.02. The number of carbonyl (C=O) groups excluding carboxylic acids is 1. The van der Waals surface area contributed by atoms with Gasteiger partial charge in [0.2, 0.25) is 0 Å². The van der Waals surface area contributed by atoms with Crippen LogP contribution in [-0.2, 0) is 11.8 Å². The van der Waals surface area contributed by atoms with E-state index in [0.717, 1.165) is 29.0 Å². The van der Waals surface area contributed by atoms with Gasteiger partial charge in [0.15, 0.2) is 5.65 Å². The molecule has 124 valence electrons. The van der Waals surface area contributed by atoms with Gasteiger partial charge in [0.05, 0.1) is 23.4 Å². The SMILES string of the molecule is CCOC(=O)c1cnc2c(c(C)nn2C)c1NCC1(SC)CC1. The number of hydrogen-bond acceptors (Lipinski definition) is 6. The molecule has 0 radical (unpaired) electrons. The predicted molar refractivity (Wildman–Crippen MR) is 93.2 cm³/mol. The molecule has 1 aliphatic rings. The zero-order valence-electron chi connectivity index (χ0n) is 14.0. The Morgan fingerprint density at radius 3 is 2.87 bits per heavy atom. The van der Waals surface area contributed by atoms with Crippen LogP contribution >= 0.6 is 11.8 Å². The van der Waals surface area contributed by atoms with Crippen molar-refractivity contribution in [1.82, 2.24) is 14.8 Å². The molecule has 1 N–H and O–H groups in total. The highest BCUT2D eigenvalue weighted by atomic mass is 32.2. The van der Waals surface area contributed by atoms with Crippen molar-refractivity contribution in [2.45, 2.75) is 31.4 Å². The summed E-state index contributed by atoms with van der Waals surface area (Å²) in [6.07, 6.45) is 6.13. The summed E-state index contributed by atoms with van der Waals surface area (Å²) in [6.45, 7) is 4.91. The molecule has 1 fully saturated rings. The molecule has 1 saturated carbocycles. The average molecular weight is 334 g/mol. The second kappa shape index (κ2) is 6.03. The van der Waals surface area contributed by atoms with Crippen LogP contribution in [0.4, 0.5) is 5.69 Å². The van der Waals surface area contributed by atoms with E-state index in [1.54, 1.807) is 17.8 Å².